The van der Waals surface area contributed by atoms with Crippen molar-refractivity contribution in [2.45, 2.75) is 77.4 Å². The van der Waals surface area contributed by atoms with Crippen LogP contribution >= 0.6 is 0 Å². The first-order valence-electron chi connectivity index (χ1n) is 7.56. The Labute approximate surface area is 122 Å². The molecule has 0 amide bonds. The monoisotopic (exact) mass is 280 g/mol. The summed E-state index contributed by atoms with van der Waals surface area (Å²) in [6.45, 7) is 5.41. The van der Waals surface area contributed by atoms with Gasteiger partial charge in [0.25, 0.3) is 0 Å². The number of carbonyl (C=O) groups is 1. The van der Waals surface area contributed by atoms with Crippen LogP contribution in [0.4, 0.5) is 0 Å². The van der Waals surface area contributed by atoms with Crippen LogP contribution in [-0.2, 0) is 14.3 Å². The molecule has 0 unspecified atom stereocenters. The zero-order valence-corrected chi connectivity index (χ0v) is 12.9. The molecule has 0 aliphatic heterocycles. The fourth-order valence-corrected chi connectivity index (χ4v) is 2.52. The molecule has 0 heterocycles. The molecular weight excluding hydrogens is 254 g/mol. The third-order valence-electron chi connectivity index (χ3n) is 3.46. The van der Waals surface area contributed by atoms with Gasteiger partial charge >= 0.3 is 5.97 Å². The quantitative estimate of drug-likeness (QED) is 0.587. The lowest BCUT2D eigenvalue weighted by Gasteiger charge is -2.22. The van der Waals surface area contributed by atoms with Gasteiger partial charge in [0.1, 0.15) is 17.9 Å². The molecule has 1 aliphatic rings. The second kappa shape index (κ2) is 8.18. The Hall–Kier alpha value is -1.19. The van der Waals surface area contributed by atoms with E-state index in [9.17, 15) is 9.59 Å². The largest absolute Gasteiger partial charge is 0.456 e. The Morgan fingerprint density at radius 1 is 1.20 bits per heavy atom. The summed E-state index contributed by atoms with van der Waals surface area (Å²) in [7, 11) is 0. The standard InChI is InChI=1S/C16H26NO3/c1-16(2,3)20-15(19)11-17-14(12-18)13-9-7-5-4-6-8-10-13/h11,13-14H,4-10H2,1-3H3/t14-/m1/s1. The van der Waals surface area contributed by atoms with Gasteiger partial charge in [-0.2, -0.15) is 0 Å². The lowest BCUT2D eigenvalue weighted by molar-refractivity contribution is -0.145. The predicted molar refractivity (Wildman–Crippen MR) is 79.6 cm³/mol. The van der Waals surface area contributed by atoms with Crippen molar-refractivity contribution in [1.29, 1.82) is 0 Å². The Bertz CT molecular complexity index is 336. The summed E-state index contributed by atoms with van der Waals surface area (Å²) in [5.74, 6) is -0.282. The minimum Gasteiger partial charge on any atom is -0.456 e. The first kappa shape index (κ1) is 16.9. The Balaban J connectivity index is 2.56. The van der Waals surface area contributed by atoms with E-state index in [0.29, 0.717) is 0 Å². The topological polar surface area (TPSA) is 55.7 Å². The zero-order valence-electron chi connectivity index (χ0n) is 12.9. The molecule has 1 rings (SSSR count). The molecule has 0 aromatic carbocycles. The van der Waals surface area contributed by atoms with Crippen LogP contribution < -0.4 is 0 Å². The van der Waals surface area contributed by atoms with E-state index in [1.54, 1.807) is 20.8 Å². The molecular formula is C16H26NO3. The van der Waals surface area contributed by atoms with E-state index in [0.717, 1.165) is 31.9 Å². The van der Waals surface area contributed by atoms with E-state index in [2.05, 4.69) is 4.99 Å². The zero-order chi connectivity index (χ0) is 15.0. The van der Waals surface area contributed by atoms with Gasteiger partial charge in [-0.1, -0.05) is 32.1 Å². The first-order valence-corrected chi connectivity index (χ1v) is 7.56. The number of nitrogens with zero attached hydrogens (tertiary/aromatic N) is 1. The van der Waals surface area contributed by atoms with Gasteiger partial charge in [-0.25, -0.2) is 4.79 Å². The number of esters is 1. The normalized spacial score (nSPS) is 20.1. The molecule has 1 radical (unpaired) electrons. The van der Waals surface area contributed by atoms with Crippen LogP contribution in [0.1, 0.15) is 65.7 Å². The van der Waals surface area contributed by atoms with Gasteiger partial charge in [-0.15, -0.1) is 0 Å². The van der Waals surface area contributed by atoms with E-state index >= 15 is 0 Å². The van der Waals surface area contributed by atoms with E-state index in [1.165, 1.54) is 19.3 Å². The van der Waals surface area contributed by atoms with Gasteiger partial charge in [0.05, 0.1) is 0 Å². The van der Waals surface area contributed by atoms with Crippen LogP contribution in [0.3, 0.4) is 0 Å². The predicted octanol–water partition coefficient (Wildman–Crippen LogP) is 3.24. The van der Waals surface area contributed by atoms with Gasteiger partial charge in [0.15, 0.2) is 0 Å². The Morgan fingerprint density at radius 3 is 2.25 bits per heavy atom. The summed E-state index contributed by atoms with van der Waals surface area (Å²) < 4.78 is 5.15. The van der Waals surface area contributed by atoms with Crippen LogP contribution in [-0.4, -0.2) is 30.1 Å². The summed E-state index contributed by atoms with van der Waals surface area (Å²) in [6.07, 6.45) is 11.1. The van der Waals surface area contributed by atoms with Crippen molar-refractivity contribution in [2.24, 2.45) is 10.9 Å². The van der Waals surface area contributed by atoms with Crippen molar-refractivity contribution < 1.29 is 14.3 Å². The van der Waals surface area contributed by atoms with Crippen molar-refractivity contribution in [3.05, 3.63) is 0 Å². The minimum absolute atomic E-state index is 0.214. The molecule has 20 heavy (non-hydrogen) atoms. The maximum atomic E-state index is 11.6. The fourth-order valence-electron chi connectivity index (χ4n) is 2.52. The average molecular weight is 280 g/mol. The lowest BCUT2D eigenvalue weighted by atomic mass is 9.86. The molecule has 0 aromatic heterocycles. The highest BCUT2D eigenvalue weighted by Gasteiger charge is 2.22. The van der Waals surface area contributed by atoms with Crippen LogP contribution in [0.5, 0.6) is 0 Å². The molecule has 0 N–H and O–H groups in total. The minimum atomic E-state index is -0.538. The molecule has 4 nitrogen and oxygen atoms in total. The van der Waals surface area contributed by atoms with E-state index in [4.69, 9.17) is 4.74 Å². The molecule has 4 heteroatoms. The van der Waals surface area contributed by atoms with Gasteiger partial charge in [0.2, 0.25) is 6.29 Å². The van der Waals surface area contributed by atoms with Crippen molar-refractivity contribution in [3.63, 3.8) is 0 Å². The molecule has 1 fully saturated rings. The summed E-state index contributed by atoms with van der Waals surface area (Å²) in [6, 6.07) is -0.527. The Kier molecular flexibility index (Phi) is 6.89. The van der Waals surface area contributed by atoms with Crippen molar-refractivity contribution in [3.8, 4) is 0 Å². The lowest BCUT2D eigenvalue weighted by Crippen LogP contribution is -2.26. The van der Waals surface area contributed by atoms with Crippen LogP contribution in [0.25, 0.3) is 0 Å². The molecule has 0 saturated heterocycles. The van der Waals surface area contributed by atoms with E-state index < -0.39 is 17.6 Å². The summed E-state index contributed by atoms with van der Waals surface area (Å²) in [5, 5.41) is 0. The maximum absolute atomic E-state index is 11.6. The third kappa shape index (κ3) is 6.83. The molecule has 0 spiro atoms. The number of hydrogen-bond acceptors (Lipinski definition) is 4. The second-order valence-electron chi connectivity index (χ2n) is 6.48. The molecule has 1 saturated carbocycles. The van der Waals surface area contributed by atoms with E-state index in [1.807, 2.05) is 6.29 Å². The highest BCUT2D eigenvalue weighted by Crippen LogP contribution is 2.25. The number of ether oxygens (including phenoxy) is 1. The summed E-state index contributed by atoms with van der Waals surface area (Å²) in [4.78, 5) is 26.8. The smallest absolute Gasteiger partial charge is 0.349 e. The van der Waals surface area contributed by atoms with Gasteiger partial charge in [-0.05, 0) is 39.5 Å². The highest BCUT2D eigenvalue weighted by molar-refractivity contribution is 6.23. The van der Waals surface area contributed by atoms with Gasteiger partial charge < -0.3 is 4.74 Å². The number of aliphatic imine (C=N–C) groups is 1. The molecule has 1 aliphatic carbocycles. The Morgan fingerprint density at radius 2 is 1.75 bits per heavy atom. The molecule has 0 aromatic rings. The van der Waals surface area contributed by atoms with Crippen molar-refractivity contribution in [2.75, 3.05) is 0 Å². The third-order valence-corrected chi connectivity index (χ3v) is 3.46. The van der Waals surface area contributed by atoms with Crippen molar-refractivity contribution >= 4 is 18.5 Å². The number of rotatable bonds is 4. The molecule has 113 valence electrons. The molecule has 0 bridgehead atoms. The average Bonchev–Trinajstić information content (AvgIpc) is 2.29. The second-order valence-corrected chi connectivity index (χ2v) is 6.48. The SMILES string of the molecule is CC(C)(C)OC(=O)C=N[C@H]([C]=O)C1CCCCCCC1. The van der Waals surface area contributed by atoms with Crippen LogP contribution in [0.15, 0.2) is 4.99 Å². The van der Waals surface area contributed by atoms with Crippen molar-refractivity contribution in [1.82, 2.24) is 0 Å². The van der Waals surface area contributed by atoms with E-state index in [-0.39, 0.29) is 5.92 Å². The highest BCUT2D eigenvalue weighted by atomic mass is 16.6. The van der Waals surface area contributed by atoms with Crippen LogP contribution in [0.2, 0.25) is 0 Å². The number of hydrogen-bond donors (Lipinski definition) is 0. The van der Waals surface area contributed by atoms with Gasteiger partial charge in [-0.3, -0.25) is 9.79 Å². The summed E-state index contributed by atoms with van der Waals surface area (Å²) in [5.41, 5.74) is -0.538. The number of carbonyl (C=O) groups excluding carboxylic acids is 2. The fraction of sp³-hybridized carbons (Fsp3) is 0.812. The summed E-state index contributed by atoms with van der Waals surface area (Å²) >= 11 is 0. The molecule has 1 atom stereocenters. The first-order chi connectivity index (χ1) is 9.42. The maximum Gasteiger partial charge on any atom is 0.349 e. The van der Waals surface area contributed by atoms with Crippen LogP contribution in [0, 0.1) is 5.92 Å². The van der Waals surface area contributed by atoms with Gasteiger partial charge in [0, 0.05) is 0 Å².